The molecular formula is C11H16ClN2O2+. The SMILES string of the molecule is CNC(=O)Oc1cc([N+](C)(C)C)ccc1Cl. The maximum absolute atomic E-state index is 11.1. The average Bonchev–Trinajstić information content (AvgIpc) is 2.19. The van der Waals surface area contributed by atoms with E-state index < -0.39 is 6.09 Å². The average molecular weight is 244 g/mol. The molecule has 0 unspecified atom stereocenters. The van der Waals surface area contributed by atoms with E-state index in [1.807, 2.05) is 27.2 Å². The van der Waals surface area contributed by atoms with Crippen LogP contribution in [0.1, 0.15) is 0 Å². The molecule has 1 amide bonds. The van der Waals surface area contributed by atoms with E-state index >= 15 is 0 Å². The molecule has 0 saturated carbocycles. The zero-order valence-electron chi connectivity index (χ0n) is 9.87. The molecule has 0 atom stereocenters. The van der Waals surface area contributed by atoms with E-state index in [-0.39, 0.29) is 0 Å². The highest BCUT2D eigenvalue weighted by Crippen LogP contribution is 2.30. The molecule has 4 nitrogen and oxygen atoms in total. The molecule has 1 rings (SSSR count). The third kappa shape index (κ3) is 3.12. The van der Waals surface area contributed by atoms with Gasteiger partial charge in [-0.3, -0.25) is 4.48 Å². The van der Waals surface area contributed by atoms with Gasteiger partial charge in [0.05, 0.1) is 26.2 Å². The Bertz CT molecular complexity index is 399. The number of quaternary nitrogens is 1. The third-order valence-corrected chi connectivity index (χ3v) is 2.41. The Morgan fingerprint density at radius 1 is 1.38 bits per heavy atom. The van der Waals surface area contributed by atoms with Crippen LogP contribution in [0.2, 0.25) is 5.02 Å². The zero-order valence-corrected chi connectivity index (χ0v) is 10.6. The van der Waals surface area contributed by atoms with Gasteiger partial charge in [-0.1, -0.05) is 11.6 Å². The zero-order chi connectivity index (χ0) is 12.3. The number of nitrogens with zero attached hydrogens (tertiary/aromatic N) is 1. The Labute approximate surface area is 100 Å². The molecule has 0 aliphatic carbocycles. The highest BCUT2D eigenvalue weighted by molar-refractivity contribution is 6.32. The lowest BCUT2D eigenvalue weighted by molar-refractivity contribution is 0.203. The molecule has 16 heavy (non-hydrogen) atoms. The van der Waals surface area contributed by atoms with Crippen molar-refractivity contribution in [3.8, 4) is 5.75 Å². The van der Waals surface area contributed by atoms with Crippen LogP contribution < -0.4 is 14.5 Å². The van der Waals surface area contributed by atoms with Crippen molar-refractivity contribution in [2.75, 3.05) is 28.2 Å². The lowest BCUT2D eigenvalue weighted by Gasteiger charge is -2.23. The number of carbonyl (C=O) groups is 1. The van der Waals surface area contributed by atoms with E-state index in [2.05, 4.69) is 5.32 Å². The van der Waals surface area contributed by atoms with Gasteiger partial charge in [0, 0.05) is 19.2 Å². The fraction of sp³-hybridized carbons (Fsp3) is 0.364. The van der Waals surface area contributed by atoms with Gasteiger partial charge in [-0.25, -0.2) is 4.79 Å². The second-order valence-electron chi connectivity index (χ2n) is 4.27. The summed E-state index contributed by atoms with van der Waals surface area (Å²) < 4.78 is 5.66. The van der Waals surface area contributed by atoms with Crippen molar-refractivity contribution in [2.45, 2.75) is 0 Å². The minimum Gasteiger partial charge on any atom is -0.409 e. The number of halogens is 1. The van der Waals surface area contributed by atoms with Gasteiger partial charge in [0.25, 0.3) is 0 Å². The van der Waals surface area contributed by atoms with Crippen LogP contribution in [0.3, 0.4) is 0 Å². The van der Waals surface area contributed by atoms with Crippen LogP contribution in [0, 0.1) is 0 Å². The van der Waals surface area contributed by atoms with Crippen molar-refractivity contribution in [2.24, 2.45) is 0 Å². The van der Waals surface area contributed by atoms with E-state index in [9.17, 15) is 4.79 Å². The van der Waals surface area contributed by atoms with Crippen LogP contribution in [0.4, 0.5) is 10.5 Å². The normalized spacial score (nSPS) is 11.1. The molecule has 1 N–H and O–H groups in total. The van der Waals surface area contributed by atoms with Crippen LogP contribution in [0.25, 0.3) is 0 Å². The summed E-state index contributed by atoms with van der Waals surface area (Å²) in [4.78, 5) is 11.1. The minimum absolute atomic E-state index is 0.367. The van der Waals surface area contributed by atoms with E-state index in [4.69, 9.17) is 16.3 Å². The van der Waals surface area contributed by atoms with Crippen molar-refractivity contribution in [1.29, 1.82) is 0 Å². The van der Waals surface area contributed by atoms with Gasteiger partial charge in [0.2, 0.25) is 0 Å². The molecule has 0 aliphatic heterocycles. The largest absolute Gasteiger partial charge is 0.412 e. The molecule has 0 saturated heterocycles. The number of ether oxygens (including phenoxy) is 1. The molecule has 0 fully saturated rings. The molecule has 1 aromatic rings. The smallest absolute Gasteiger partial charge is 0.409 e. The lowest BCUT2D eigenvalue weighted by Crippen LogP contribution is -2.34. The van der Waals surface area contributed by atoms with Gasteiger partial charge in [-0.05, 0) is 6.07 Å². The Morgan fingerprint density at radius 3 is 2.50 bits per heavy atom. The molecule has 0 aromatic heterocycles. The van der Waals surface area contributed by atoms with E-state index in [1.165, 1.54) is 7.05 Å². The van der Waals surface area contributed by atoms with Crippen LogP contribution in [-0.4, -0.2) is 34.3 Å². The Balaban J connectivity index is 3.04. The summed E-state index contributed by atoms with van der Waals surface area (Å²) in [6.45, 7) is 0. The van der Waals surface area contributed by atoms with Crippen molar-refractivity contribution >= 4 is 23.4 Å². The van der Waals surface area contributed by atoms with Crippen LogP contribution >= 0.6 is 11.6 Å². The standard InChI is InChI=1S/C11H15ClN2O2/c1-13-11(15)16-10-7-8(14(2,3)4)5-6-9(10)12/h5-7H,1-4H3/p+1. The number of rotatable bonds is 2. The van der Waals surface area contributed by atoms with Crippen LogP contribution in [-0.2, 0) is 0 Å². The van der Waals surface area contributed by atoms with Gasteiger partial charge < -0.3 is 10.1 Å². The van der Waals surface area contributed by atoms with E-state index in [0.29, 0.717) is 15.3 Å². The maximum atomic E-state index is 11.1. The van der Waals surface area contributed by atoms with Crippen molar-refractivity contribution in [3.05, 3.63) is 23.2 Å². The molecule has 1 aromatic carbocycles. The van der Waals surface area contributed by atoms with E-state index in [0.717, 1.165) is 5.69 Å². The molecular weight excluding hydrogens is 228 g/mol. The molecule has 5 heteroatoms. The highest BCUT2D eigenvalue weighted by Gasteiger charge is 2.16. The minimum atomic E-state index is -0.527. The summed E-state index contributed by atoms with van der Waals surface area (Å²) in [6.07, 6.45) is -0.527. The third-order valence-electron chi connectivity index (χ3n) is 2.10. The second-order valence-corrected chi connectivity index (χ2v) is 4.67. The Morgan fingerprint density at radius 2 is 2.00 bits per heavy atom. The van der Waals surface area contributed by atoms with Crippen LogP contribution in [0.15, 0.2) is 18.2 Å². The van der Waals surface area contributed by atoms with Crippen molar-refractivity contribution in [1.82, 2.24) is 9.80 Å². The number of benzene rings is 1. The molecule has 0 bridgehead atoms. The number of hydrogen-bond donors (Lipinski definition) is 1. The highest BCUT2D eigenvalue weighted by atomic mass is 35.5. The van der Waals surface area contributed by atoms with Crippen molar-refractivity contribution in [3.63, 3.8) is 0 Å². The van der Waals surface area contributed by atoms with Gasteiger partial charge in [0.15, 0.2) is 5.75 Å². The van der Waals surface area contributed by atoms with Crippen molar-refractivity contribution < 1.29 is 9.53 Å². The Hall–Kier alpha value is -1.26. The lowest BCUT2D eigenvalue weighted by atomic mass is 10.2. The van der Waals surface area contributed by atoms with Gasteiger partial charge in [-0.15, -0.1) is 0 Å². The van der Waals surface area contributed by atoms with Gasteiger partial charge >= 0.3 is 6.09 Å². The summed E-state index contributed by atoms with van der Waals surface area (Å²) in [6, 6.07) is 5.38. The summed E-state index contributed by atoms with van der Waals surface area (Å²) >= 11 is 5.94. The first-order chi connectivity index (χ1) is 7.34. The number of nitrogens with one attached hydrogen (secondary N) is 1. The first-order valence-electron chi connectivity index (χ1n) is 4.85. The molecule has 88 valence electrons. The monoisotopic (exact) mass is 243 g/mol. The number of hydrogen-bond acceptors (Lipinski definition) is 2. The summed E-state index contributed by atoms with van der Waals surface area (Å²) in [5.74, 6) is 0.367. The first-order valence-corrected chi connectivity index (χ1v) is 5.23. The molecule has 0 aliphatic rings. The molecule has 0 spiro atoms. The Kier molecular flexibility index (Phi) is 3.78. The second kappa shape index (κ2) is 4.72. The quantitative estimate of drug-likeness (QED) is 0.810. The topological polar surface area (TPSA) is 38.3 Å². The summed E-state index contributed by atoms with van der Waals surface area (Å²) in [5.41, 5.74) is 1.00. The summed E-state index contributed by atoms with van der Waals surface area (Å²) in [5, 5.41) is 2.79. The van der Waals surface area contributed by atoms with E-state index in [1.54, 1.807) is 12.1 Å². The molecule has 0 heterocycles. The first kappa shape index (κ1) is 12.8. The predicted molar refractivity (Wildman–Crippen MR) is 66.1 cm³/mol. The van der Waals surface area contributed by atoms with Gasteiger partial charge in [0.1, 0.15) is 5.69 Å². The van der Waals surface area contributed by atoms with Crippen LogP contribution in [0.5, 0.6) is 5.75 Å². The van der Waals surface area contributed by atoms with Gasteiger partial charge in [-0.2, -0.15) is 0 Å². The predicted octanol–water partition coefficient (Wildman–Crippen LogP) is 2.25. The fourth-order valence-electron chi connectivity index (χ4n) is 1.14. The fourth-order valence-corrected chi connectivity index (χ4v) is 1.29. The number of amides is 1. The summed E-state index contributed by atoms with van der Waals surface area (Å²) in [7, 11) is 7.56. The molecule has 0 radical (unpaired) electrons. The maximum Gasteiger partial charge on any atom is 0.412 e. The number of carbonyl (C=O) groups excluding carboxylic acids is 1.